The largest absolute Gasteiger partial charge is 0.371 e. The molecule has 0 radical (unpaired) electrons. The lowest BCUT2D eigenvalue weighted by Gasteiger charge is -2.40. The number of fused-ring (bicyclic) bond motifs is 1. The number of piperidine rings is 1. The summed E-state index contributed by atoms with van der Waals surface area (Å²) >= 11 is 0. The van der Waals surface area contributed by atoms with Gasteiger partial charge in [-0.3, -0.25) is 9.59 Å². The van der Waals surface area contributed by atoms with E-state index in [0.717, 1.165) is 6.42 Å². The summed E-state index contributed by atoms with van der Waals surface area (Å²) in [6, 6.07) is 0.0119. The van der Waals surface area contributed by atoms with Gasteiger partial charge in [0.15, 0.2) is 0 Å². The average Bonchev–Trinajstić information content (AvgIpc) is 2.86. The fourth-order valence-corrected chi connectivity index (χ4v) is 3.05. The number of aromatic nitrogens is 1. The molecular weight excluding hydrogens is 274 g/mol. The molecule has 0 unspecified atom stereocenters. The molecule has 0 bridgehead atoms. The van der Waals surface area contributed by atoms with E-state index in [1.54, 1.807) is 23.8 Å². The molecule has 3 rings (SSSR count). The third kappa shape index (κ3) is 2.53. The summed E-state index contributed by atoms with van der Waals surface area (Å²) < 4.78 is 10.3. The van der Waals surface area contributed by atoms with E-state index in [1.807, 2.05) is 0 Å². The molecule has 114 valence electrons. The molecule has 21 heavy (non-hydrogen) atoms. The molecule has 2 aliphatic heterocycles. The summed E-state index contributed by atoms with van der Waals surface area (Å²) in [4.78, 5) is 27.9. The minimum atomic E-state index is -0.0850. The predicted molar refractivity (Wildman–Crippen MR) is 72.6 cm³/mol. The number of aryl methyl sites for hydroxylation is 1. The summed E-state index contributed by atoms with van der Waals surface area (Å²) in [7, 11) is 1.79. The maximum atomic E-state index is 12.5. The van der Waals surface area contributed by atoms with Crippen LogP contribution in [0.1, 0.15) is 22.5 Å². The predicted octanol–water partition coefficient (Wildman–Crippen LogP) is 0.302. The molecule has 1 aromatic heterocycles. The second-order valence-corrected chi connectivity index (χ2v) is 5.70. The van der Waals surface area contributed by atoms with Crippen LogP contribution in [-0.2, 0) is 9.53 Å². The SMILES string of the molecule is Cc1nocc1C(=O)N1CC[C@H]2COCC(=O)N(C)[C@H]2C1. The van der Waals surface area contributed by atoms with Gasteiger partial charge >= 0.3 is 0 Å². The number of nitrogens with zero attached hydrogens (tertiary/aromatic N) is 3. The quantitative estimate of drug-likeness (QED) is 0.744. The topological polar surface area (TPSA) is 75.9 Å². The van der Waals surface area contributed by atoms with Crippen molar-refractivity contribution in [1.29, 1.82) is 0 Å². The van der Waals surface area contributed by atoms with Crippen molar-refractivity contribution in [1.82, 2.24) is 15.0 Å². The zero-order chi connectivity index (χ0) is 15.0. The Hall–Kier alpha value is -1.89. The fourth-order valence-electron chi connectivity index (χ4n) is 3.05. The van der Waals surface area contributed by atoms with Gasteiger partial charge in [0.05, 0.1) is 18.3 Å². The van der Waals surface area contributed by atoms with Gasteiger partial charge in [0, 0.05) is 26.1 Å². The Kier molecular flexibility index (Phi) is 3.67. The van der Waals surface area contributed by atoms with Crippen LogP contribution >= 0.6 is 0 Å². The van der Waals surface area contributed by atoms with E-state index in [2.05, 4.69) is 5.16 Å². The lowest BCUT2D eigenvalue weighted by molar-refractivity contribution is -0.134. The third-order valence-electron chi connectivity index (χ3n) is 4.44. The van der Waals surface area contributed by atoms with Gasteiger partial charge in [-0.15, -0.1) is 0 Å². The van der Waals surface area contributed by atoms with Crippen LogP contribution in [0.25, 0.3) is 0 Å². The molecule has 2 fully saturated rings. The lowest BCUT2D eigenvalue weighted by atomic mass is 9.91. The number of rotatable bonds is 1. The van der Waals surface area contributed by atoms with E-state index in [0.29, 0.717) is 31.0 Å². The first-order valence-corrected chi connectivity index (χ1v) is 7.11. The molecule has 0 N–H and O–H groups in total. The molecule has 2 aliphatic rings. The number of hydrogen-bond acceptors (Lipinski definition) is 5. The van der Waals surface area contributed by atoms with Crippen molar-refractivity contribution in [2.75, 3.05) is 33.4 Å². The molecule has 0 saturated carbocycles. The number of carbonyl (C=O) groups excluding carboxylic acids is 2. The Balaban J connectivity index is 1.77. The number of hydrogen-bond donors (Lipinski definition) is 0. The Morgan fingerprint density at radius 1 is 1.48 bits per heavy atom. The van der Waals surface area contributed by atoms with E-state index in [9.17, 15) is 9.59 Å². The van der Waals surface area contributed by atoms with Crippen molar-refractivity contribution in [2.45, 2.75) is 19.4 Å². The van der Waals surface area contributed by atoms with E-state index in [4.69, 9.17) is 9.26 Å². The summed E-state index contributed by atoms with van der Waals surface area (Å²) in [6.07, 6.45) is 2.22. The van der Waals surface area contributed by atoms with Crippen LogP contribution in [0.3, 0.4) is 0 Å². The molecule has 0 aliphatic carbocycles. The molecule has 2 amide bonds. The first-order valence-electron chi connectivity index (χ1n) is 7.11. The van der Waals surface area contributed by atoms with Crippen molar-refractivity contribution < 1.29 is 18.8 Å². The van der Waals surface area contributed by atoms with Crippen LogP contribution in [-0.4, -0.2) is 66.2 Å². The normalized spacial score (nSPS) is 26.5. The average molecular weight is 293 g/mol. The molecule has 0 aromatic carbocycles. The first kappa shape index (κ1) is 14.1. The van der Waals surface area contributed by atoms with Crippen LogP contribution in [0.4, 0.5) is 0 Å². The van der Waals surface area contributed by atoms with Gasteiger partial charge in [-0.2, -0.15) is 0 Å². The smallest absolute Gasteiger partial charge is 0.259 e. The highest BCUT2D eigenvalue weighted by Gasteiger charge is 2.38. The van der Waals surface area contributed by atoms with Crippen LogP contribution in [0.15, 0.2) is 10.8 Å². The monoisotopic (exact) mass is 293 g/mol. The number of carbonyl (C=O) groups is 2. The van der Waals surface area contributed by atoms with Crippen LogP contribution in [0, 0.1) is 12.8 Å². The minimum absolute atomic E-state index is 0.0119. The molecule has 2 atom stereocenters. The number of likely N-dealkylation sites (N-methyl/N-ethyl adjacent to an activating group) is 1. The van der Waals surface area contributed by atoms with Gasteiger partial charge in [0.2, 0.25) is 5.91 Å². The van der Waals surface area contributed by atoms with Gasteiger partial charge in [0.25, 0.3) is 5.91 Å². The van der Waals surface area contributed by atoms with Crippen molar-refractivity contribution >= 4 is 11.8 Å². The molecule has 7 heteroatoms. The zero-order valence-corrected chi connectivity index (χ0v) is 12.2. The number of ether oxygens (including phenoxy) is 1. The third-order valence-corrected chi connectivity index (χ3v) is 4.44. The maximum Gasteiger partial charge on any atom is 0.259 e. The van der Waals surface area contributed by atoms with Gasteiger partial charge < -0.3 is 19.1 Å². The van der Waals surface area contributed by atoms with Gasteiger partial charge in [0.1, 0.15) is 18.4 Å². The van der Waals surface area contributed by atoms with E-state index < -0.39 is 0 Å². The van der Waals surface area contributed by atoms with Crippen LogP contribution in [0.2, 0.25) is 0 Å². The summed E-state index contributed by atoms with van der Waals surface area (Å²) in [5, 5.41) is 3.75. The molecule has 0 spiro atoms. The minimum Gasteiger partial charge on any atom is -0.371 e. The highest BCUT2D eigenvalue weighted by atomic mass is 16.5. The Bertz CT molecular complexity index is 556. The number of likely N-dealkylation sites (tertiary alicyclic amines) is 1. The lowest BCUT2D eigenvalue weighted by Crippen LogP contribution is -2.54. The molecule has 2 saturated heterocycles. The Morgan fingerprint density at radius 3 is 3.00 bits per heavy atom. The van der Waals surface area contributed by atoms with E-state index in [-0.39, 0.29) is 30.4 Å². The highest BCUT2D eigenvalue weighted by Crippen LogP contribution is 2.26. The Morgan fingerprint density at radius 2 is 2.29 bits per heavy atom. The van der Waals surface area contributed by atoms with Crippen LogP contribution < -0.4 is 0 Å². The van der Waals surface area contributed by atoms with Crippen molar-refractivity contribution in [2.24, 2.45) is 5.92 Å². The highest BCUT2D eigenvalue weighted by molar-refractivity contribution is 5.95. The zero-order valence-electron chi connectivity index (χ0n) is 12.2. The second-order valence-electron chi connectivity index (χ2n) is 5.70. The molecular formula is C14H19N3O4. The standard InChI is InChI=1S/C14H19N3O4/c1-9-11(7-21-15-9)14(19)17-4-3-10-6-20-8-13(18)16(2)12(10)5-17/h7,10,12H,3-6,8H2,1-2H3/t10-,12-/m0/s1. The number of amides is 2. The fraction of sp³-hybridized carbons (Fsp3) is 0.643. The summed E-state index contributed by atoms with van der Waals surface area (Å²) in [5.41, 5.74) is 1.09. The summed E-state index contributed by atoms with van der Waals surface area (Å²) in [5.74, 6) is 0.172. The summed E-state index contributed by atoms with van der Waals surface area (Å²) in [6.45, 7) is 3.64. The molecule has 7 nitrogen and oxygen atoms in total. The van der Waals surface area contributed by atoms with E-state index >= 15 is 0 Å². The van der Waals surface area contributed by atoms with Gasteiger partial charge in [-0.25, -0.2) is 0 Å². The van der Waals surface area contributed by atoms with Crippen LogP contribution in [0.5, 0.6) is 0 Å². The Labute approximate surface area is 122 Å². The molecule has 3 heterocycles. The van der Waals surface area contributed by atoms with Crippen molar-refractivity contribution in [3.63, 3.8) is 0 Å². The van der Waals surface area contributed by atoms with Crippen molar-refractivity contribution in [3.8, 4) is 0 Å². The van der Waals surface area contributed by atoms with Gasteiger partial charge in [-0.1, -0.05) is 5.16 Å². The van der Waals surface area contributed by atoms with Gasteiger partial charge in [-0.05, 0) is 13.3 Å². The van der Waals surface area contributed by atoms with E-state index in [1.165, 1.54) is 6.26 Å². The molecule has 1 aromatic rings. The maximum absolute atomic E-state index is 12.5. The van der Waals surface area contributed by atoms with Crippen molar-refractivity contribution in [3.05, 3.63) is 17.5 Å². The second kappa shape index (κ2) is 5.48. The first-order chi connectivity index (χ1) is 10.1.